The lowest BCUT2D eigenvalue weighted by Crippen LogP contribution is -2.34. The van der Waals surface area contributed by atoms with Crippen LogP contribution >= 0.6 is 11.6 Å². The van der Waals surface area contributed by atoms with Crippen molar-refractivity contribution in [2.45, 2.75) is 38.5 Å². The van der Waals surface area contributed by atoms with Crippen LogP contribution in [-0.4, -0.2) is 33.8 Å². The number of halogens is 1. The van der Waals surface area contributed by atoms with Crippen LogP contribution in [0.25, 0.3) is 0 Å². The van der Waals surface area contributed by atoms with Gasteiger partial charge in [-0.1, -0.05) is 23.7 Å². The van der Waals surface area contributed by atoms with Crippen molar-refractivity contribution >= 4 is 29.2 Å². The number of carbonyl (C=O) groups excluding carboxylic acids is 2. The van der Waals surface area contributed by atoms with Gasteiger partial charge in [0, 0.05) is 16.8 Å². The summed E-state index contributed by atoms with van der Waals surface area (Å²) in [6.07, 6.45) is 1.51. The van der Waals surface area contributed by atoms with E-state index in [1.54, 1.807) is 10.7 Å². The smallest absolute Gasteiger partial charge is 0.241 e. The van der Waals surface area contributed by atoms with Gasteiger partial charge in [-0.15, -0.1) is 0 Å². The SMILES string of the molecule is Cc1cc(N2C(=O)[C@@H]3[C@@H](C2=O)[C@@H]2CC[C@@H]3O2)nn1Cc1ccc(Cl)cc1. The first kappa shape index (κ1) is 16.0. The molecule has 0 radical (unpaired) electrons. The maximum Gasteiger partial charge on any atom is 0.241 e. The number of aryl methyl sites for hydroxylation is 1. The number of rotatable bonds is 3. The lowest BCUT2D eigenvalue weighted by Gasteiger charge is -2.15. The van der Waals surface area contributed by atoms with Crippen LogP contribution < -0.4 is 4.90 Å². The lowest BCUT2D eigenvalue weighted by molar-refractivity contribution is -0.124. The number of amides is 2. The molecule has 6 nitrogen and oxygen atoms in total. The van der Waals surface area contributed by atoms with E-state index in [9.17, 15) is 9.59 Å². The number of hydrogen-bond acceptors (Lipinski definition) is 4. The van der Waals surface area contributed by atoms with E-state index in [1.807, 2.05) is 31.2 Å². The van der Waals surface area contributed by atoms with Gasteiger partial charge in [-0.3, -0.25) is 14.3 Å². The fraction of sp³-hybridized carbons (Fsp3) is 0.421. The van der Waals surface area contributed by atoms with Crippen molar-refractivity contribution in [1.82, 2.24) is 9.78 Å². The quantitative estimate of drug-likeness (QED) is 0.778. The molecule has 4 heterocycles. The Labute approximate surface area is 155 Å². The summed E-state index contributed by atoms with van der Waals surface area (Å²) in [4.78, 5) is 27.0. The zero-order valence-electron chi connectivity index (χ0n) is 14.3. The second kappa shape index (κ2) is 5.66. The lowest BCUT2D eigenvalue weighted by atomic mass is 9.81. The van der Waals surface area contributed by atoms with Crippen molar-refractivity contribution in [3.63, 3.8) is 0 Å². The molecule has 0 unspecified atom stereocenters. The molecule has 0 spiro atoms. The zero-order valence-corrected chi connectivity index (χ0v) is 15.0. The van der Waals surface area contributed by atoms with Crippen molar-refractivity contribution in [3.05, 3.63) is 46.6 Å². The molecular formula is C19H18ClN3O3. The Hall–Kier alpha value is -2.18. The minimum atomic E-state index is -0.331. The standard InChI is InChI=1S/C19H18ClN3O3/c1-10-8-15(21-22(10)9-11-2-4-12(20)5-3-11)23-18(24)16-13-6-7-14(26-13)17(16)19(23)25/h2-5,8,13-14,16-17H,6-7,9H2,1H3/t13-,14-,16-,17-/m0/s1. The molecule has 26 heavy (non-hydrogen) atoms. The fourth-order valence-corrected chi connectivity index (χ4v) is 4.59. The van der Waals surface area contributed by atoms with Crippen LogP contribution in [0.4, 0.5) is 5.82 Å². The predicted molar refractivity (Wildman–Crippen MR) is 94.9 cm³/mol. The highest BCUT2D eigenvalue weighted by Gasteiger charge is 2.63. The van der Waals surface area contributed by atoms with Crippen molar-refractivity contribution < 1.29 is 14.3 Å². The van der Waals surface area contributed by atoms with Crippen molar-refractivity contribution in [2.75, 3.05) is 4.90 Å². The zero-order chi connectivity index (χ0) is 18.0. The number of aromatic nitrogens is 2. The molecule has 3 aliphatic heterocycles. The highest BCUT2D eigenvalue weighted by Crippen LogP contribution is 2.49. The van der Waals surface area contributed by atoms with Crippen LogP contribution in [0.1, 0.15) is 24.1 Å². The molecular weight excluding hydrogens is 354 g/mol. The van der Waals surface area contributed by atoms with Gasteiger partial charge in [-0.2, -0.15) is 5.10 Å². The van der Waals surface area contributed by atoms with Gasteiger partial charge in [0.05, 0.1) is 30.6 Å². The molecule has 134 valence electrons. The summed E-state index contributed by atoms with van der Waals surface area (Å²) in [6.45, 7) is 2.48. The fourth-order valence-electron chi connectivity index (χ4n) is 4.46. The largest absolute Gasteiger partial charge is 0.373 e. The molecule has 0 aliphatic carbocycles. The average molecular weight is 372 g/mol. The molecule has 7 heteroatoms. The summed E-state index contributed by atoms with van der Waals surface area (Å²) < 4.78 is 7.58. The van der Waals surface area contributed by atoms with E-state index in [4.69, 9.17) is 16.3 Å². The van der Waals surface area contributed by atoms with Crippen LogP contribution in [0.2, 0.25) is 5.02 Å². The minimum Gasteiger partial charge on any atom is -0.373 e. The number of fused-ring (bicyclic) bond motifs is 5. The molecule has 3 aliphatic rings. The van der Waals surface area contributed by atoms with E-state index in [0.717, 1.165) is 24.1 Å². The molecule has 3 saturated heterocycles. The van der Waals surface area contributed by atoms with Gasteiger partial charge in [0.1, 0.15) is 0 Å². The van der Waals surface area contributed by atoms with Crippen molar-refractivity contribution in [3.8, 4) is 0 Å². The molecule has 4 atom stereocenters. The highest BCUT2D eigenvalue weighted by atomic mass is 35.5. The highest BCUT2D eigenvalue weighted by molar-refractivity contribution is 6.30. The second-order valence-electron chi connectivity index (χ2n) is 7.28. The Morgan fingerprint density at radius 2 is 1.73 bits per heavy atom. The van der Waals surface area contributed by atoms with Crippen molar-refractivity contribution in [2.24, 2.45) is 11.8 Å². The average Bonchev–Trinajstić information content (AvgIpc) is 3.35. The van der Waals surface area contributed by atoms with E-state index in [1.165, 1.54) is 4.90 Å². The summed E-state index contributed by atoms with van der Waals surface area (Å²) in [5, 5.41) is 5.22. The van der Waals surface area contributed by atoms with Gasteiger partial charge in [0.15, 0.2) is 5.82 Å². The number of nitrogens with zero attached hydrogens (tertiary/aromatic N) is 3. The minimum absolute atomic E-state index is 0.108. The first-order valence-corrected chi connectivity index (χ1v) is 9.23. The molecule has 1 aromatic heterocycles. The van der Waals surface area contributed by atoms with Gasteiger partial charge in [0.2, 0.25) is 11.8 Å². The van der Waals surface area contributed by atoms with Crippen LogP contribution in [-0.2, 0) is 20.9 Å². The molecule has 5 rings (SSSR count). The number of anilines is 1. The number of imide groups is 1. The number of ether oxygens (including phenoxy) is 1. The Kier molecular flexibility index (Phi) is 3.49. The molecule has 1 aromatic carbocycles. The summed E-state index contributed by atoms with van der Waals surface area (Å²) in [5.41, 5.74) is 1.95. The Balaban J connectivity index is 1.43. The number of hydrogen-bond donors (Lipinski definition) is 0. The van der Waals surface area contributed by atoms with Crippen LogP contribution in [0, 0.1) is 18.8 Å². The Bertz CT molecular complexity index is 879. The van der Waals surface area contributed by atoms with Gasteiger partial charge < -0.3 is 4.74 Å². The maximum atomic E-state index is 12.9. The Morgan fingerprint density at radius 3 is 2.35 bits per heavy atom. The topological polar surface area (TPSA) is 64.4 Å². The van der Waals surface area contributed by atoms with E-state index in [2.05, 4.69) is 5.10 Å². The first-order chi connectivity index (χ1) is 12.5. The van der Waals surface area contributed by atoms with E-state index >= 15 is 0 Å². The van der Waals surface area contributed by atoms with E-state index in [0.29, 0.717) is 17.4 Å². The predicted octanol–water partition coefficient (Wildman–Crippen LogP) is 2.56. The van der Waals surface area contributed by atoms with Crippen LogP contribution in [0.3, 0.4) is 0 Å². The van der Waals surface area contributed by atoms with Crippen LogP contribution in [0.5, 0.6) is 0 Å². The normalized spacial score (nSPS) is 29.7. The molecule has 3 fully saturated rings. The number of carbonyl (C=O) groups is 2. The van der Waals surface area contributed by atoms with E-state index in [-0.39, 0.29) is 35.9 Å². The first-order valence-electron chi connectivity index (χ1n) is 8.85. The van der Waals surface area contributed by atoms with Gasteiger partial charge in [0.25, 0.3) is 0 Å². The molecule has 2 bridgehead atoms. The third kappa shape index (κ3) is 2.25. The molecule has 0 saturated carbocycles. The van der Waals surface area contributed by atoms with Gasteiger partial charge in [-0.05, 0) is 37.5 Å². The monoisotopic (exact) mass is 371 g/mol. The van der Waals surface area contributed by atoms with Gasteiger partial charge in [-0.25, -0.2) is 4.90 Å². The third-order valence-corrected chi connectivity index (χ3v) is 5.98. The number of benzene rings is 1. The van der Waals surface area contributed by atoms with Crippen molar-refractivity contribution in [1.29, 1.82) is 0 Å². The van der Waals surface area contributed by atoms with E-state index < -0.39 is 0 Å². The van der Waals surface area contributed by atoms with Crippen LogP contribution in [0.15, 0.2) is 30.3 Å². The summed E-state index contributed by atoms with van der Waals surface area (Å²) in [6, 6.07) is 9.35. The van der Waals surface area contributed by atoms with Gasteiger partial charge >= 0.3 is 0 Å². The molecule has 0 N–H and O–H groups in total. The molecule has 2 aromatic rings. The summed E-state index contributed by atoms with van der Waals surface area (Å²) in [5.74, 6) is -0.571. The summed E-state index contributed by atoms with van der Waals surface area (Å²) in [7, 11) is 0. The summed E-state index contributed by atoms with van der Waals surface area (Å²) >= 11 is 5.93. The molecule has 2 amide bonds. The Morgan fingerprint density at radius 1 is 1.12 bits per heavy atom. The third-order valence-electron chi connectivity index (χ3n) is 5.73. The maximum absolute atomic E-state index is 12.9. The second-order valence-corrected chi connectivity index (χ2v) is 7.72.